The van der Waals surface area contributed by atoms with E-state index in [1.54, 1.807) is 29.5 Å². The molecule has 0 bridgehead atoms. The summed E-state index contributed by atoms with van der Waals surface area (Å²) < 4.78 is 30.1. The van der Waals surface area contributed by atoms with Crippen LogP contribution >= 0.6 is 0 Å². The summed E-state index contributed by atoms with van der Waals surface area (Å²) in [7, 11) is -1.91. The van der Waals surface area contributed by atoms with Crippen molar-refractivity contribution in [3.8, 4) is 0 Å². The third-order valence-electron chi connectivity index (χ3n) is 2.77. The van der Waals surface area contributed by atoms with Crippen LogP contribution in [0.2, 0.25) is 0 Å². The minimum atomic E-state index is -3.64. The highest BCUT2D eigenvalue weighted by molar-refractivity contribution is 7.92. The van der Waals surface area contributed by atoms with Crippen molar-refractivity contribution in [3.63, 3.8) is 0 Å². The molecule has 0 saturated carbocycles. The molecule has 0 radical (unpaired) electrons. The molecular formula is C11H18N6O2S. The minimum Gasteiger partial charge on any atom is -0.330 e. The van der Waals surface area contributed by atoms with E-state index in [4.69, 9.17) is 5.73 Å². The number of rotatable bonds is 6. The average molecular weight is 298 g/mol. The molecule has 2 aromatic heterocycles. The van der Waals surface area contributed by atoms with Gasteiger partial charge in [0.15, 0.2) is 0 Å². The fourth-order valence-corrected chi connectivity index (χ4v) is 2.82. The first-order valence-electron chi connectivity index (χ1n) is 6.18. The van der Waals surface area contributed by atoms with Crippen LogP contribution in [-0.4, -0.2) is 34.5 Å². The van der Waals surface area contributed by atoms with E-state index in [0.717, 1.165) is 6.42 Å². The molecule has 0 spiro atoms. The Hall–Kier alpha value is -1.87. The summed E-state index contributed by atoms with van der Waals surface area (Å²) in [5.41, 5.74) is 6.49. The van der Waals surface area contributed by atoms with E-state index in [9.17, 15) is 8.42 Å². The summed E-state index contributed by atoms with van der Waals surface area (Å²) in [5.74, 6) is 0. The Balaban J connectivity index is 2.18. The van der Waals surface area contributed by atoms with Crippen molar-refractivity contribution in [3.05, 3.63) is 24.3 Å². The molecular weight excluding hydrogens is 280 g/mol. The van der Waals surface area contributed by atoms with Gasteiger partial charge in [0.05, 0.1) is 17.6 Å². The average Bonchev–Trinajstić information content (AvgIpc) is 2.94. The number of aromatic nitrogens is 4. The van der Waals surface area contributed by atoms with Crippen LogP contribution in [0.5, 0.6) is 0 Å². The molecule has 0 aliphatic rings. The number of nitrogens with two attached hydrogens (primary N) is 1. The zero-order valence-corrected chi connectivity index (χ0v) is 12.3. The minimum absolute atomic E-state index is 0.123. The van der Waals surface area contributed by atoms with Gasteiger partial charge in [-0.1, -0.05) is 0 Å². The lowest BCUT2D eigenvalue weighted by Crippen LogP contribution is -2.12. The van der Waals surface area contributed by atoms with Crippen molar-refractivity contribution in [1.82, 2.24) is 19.6 Å². The summed E-state index contributed by atoms with van der Waals surface area (Å²) in [5, 5.41) is 8.10. The third-order valence-corrected chi connectivity index (χ3v) is 4.09. The van der Waals surface area contributed by atoms with Crippen LogP contribution in [0.25, 0.3) is 0 Å². The predicted octanol–water partition coefficient (Wildman–Crippen LogP) is 0.0746. The molecule has 2 rings (SSSR count). The van der Waals surface area contributed by atoms with Crippen molar-refractivity contribution >= 4 is 15.7 Å². The number of hydrogen-bond acceptors (Lipinski definition) is 5. The Kier molecular flexibility index (Phi) is 4.09. The maximum absolute atomic E-state index is 12.2. The number of anilines is 1. The molecule has 0 aliphatic heterocycles. The van der Waals surface area contributed by atoms with Crippen LogP contribution in [0.4, 0.5) is 5.69 Å². The predicted molar refractivity (Wildman–Crippen MR) is 74.7 cm³/mol. The van der Waals surface area contributed by atoms with Gasteiger partial charge in [0, 0.05) is 26.0 Å². The SMILES string of the molecule is Cc1nn(C)cc1NS(=O)(=O)c1cnn(CCCN)c1. The molecule has 3 N–H and O–H groups in total. The number of hydrogen-bond donors (Lipinski definition) is 2. The molecule has 0 saturated heterocycles. The molecule has 20 heavy (non-hydrogen) atoms. The van der Waals surface area contributed by atoms with Gasteiger partial charge in [-0.25, -0.2) is 8.42 Å². The third kappa shape index (κ3) is 3.17. The molecule has 9 heteroatoms. The molecule has 0 aliphatic carbocycles. The first kappa shape index (κ1) is 14.5. The summed E-state index contributed by atoms with van der Waals surface area (Å²) >= 11 is 0. The highest BCUT2D eigenvalue weighted by atomic mass is 32.2. The lowest BCUT2D eigenvalue weighted by Gasteiger charge is -2.04. The lowest BCUT2D eigenvalue weighted by molar-refractivity contribution is 0.582. The number of nitrogens with zero attached hydrogens (tertiary/aromatic N) is 4. The van der Waals surface area contributed by atoms with Crippen LogP contribution < -0.4 is 10.5 Å². The maximum atomic E-state index is 12.2. The van der Waals surface area contributed by atoms with Crippen LogP contribution in [0, 0.1) is 6.92 Å². The van der Waals surface area contributed by atoms with Crippen molar-refractivity contribution in [2.24, 2.45) is 12.8 Å². The summed E-state index contributed by atoms with van der Waals surface area (Å²) in [4.78, 5) is 0.123. The van der Waals surface area contributed by atoms with Crippen molar-refractivity contribution < 1.29 is 8.42 Å². The molecule has 2 aromatic rings. The molecule has 0 aromatic carbocycles. The second kappa shape index (κ2) is 5.63. The van der Waals surface area contributed by atoms with Crippen molar-refractivity contribution in [2.75, 3.05) is 11.3 Å². The van der Waals surface area contributed by atoms with E-state index in [2.05, 4.69) is 14.9 Å². The molecule has 110 valence electrons. The normalized spacial score (nSPS) is 11.8. The van der Waals surface area contributed by atoms with Gasteiger partial charge in [-0.2, -0.15) is 10.2 Å². The molecule has 0 amide bonds. The summed E-state index contributed by atoms with van der Waals surface area (Å²) in [6, 6.07) is 0. The molecule has 0 unspecified atom stereocenters. The van der Waals surface area contributed by atoms with Gasteiger partial charge in [0.1, 0.15) is 4.90 Å². The molecule has 0 atom stereocenters. The van der Waals surface area contributed by atoms with Crippen LogP contribution in [0.1, 0.15) is 12.1 Å². The number of nitrogens with one attached hydrogen (secondary N) is 1. The Morgan fingerprint density at radius 3 is 2.75 bits per heavy atom. The van der Waals surface area contributed by atoms with E-state index in [0.29, 0.717) is 24.5 Å². The Morgan fingerprint density at radius 1 is 1.40 bits per heavy atom. The fraction of sp³-hybridized carbons (Fsp3) is 0.455. The standard InChI is InChI=1S/C11H18N6O2S/c1-9-11(8-16(2)14-9)15-20(18,19)10-6-13-17(7-10)5-3-4-12/h6-8,15H,3-5,12H2,1-2H3. The Labute approximate surface area is 117 Å². The van der Waals surface area contributed by atoms with E-state index >= 15 is 0 Å². The zero-order chi connectivity index (χ0) is 14.8. The van der Waals surface area contributed by atoms with E-state index in [1.165, 1.54) is 12.4 Å². The fourth-order valence-electron chi connectivity index (χ4n) is 1.76. The Bertz CT molecular complexity index is 688. The van der Waals surface area contributed by atoms with E-state index in [1.807, 2.05) is 0 Å². The van der Waals surface area contributed by atoms with Crippen molar-refractivity contribution in [1.29, 1.82) is 0 Å². The largest absolute Gasteiger partial charge is 0.330 e. The number of sulfonamides is 1. The highest BCUT2D eigenvalue weighted by Crippen LogP contribution is 2.17. The van der Waals surface area contributed by atoms with Gasteiger partial charge < -0.3 is 5.73 Å². The highest BCUT2D eigenvalue weighted by Gasteiger charge is 2.18. The lowest BCUT2D eigenvalue weighted by atomic mass is 10.4. The monoisotopic (exact) mass is 298 g/mol. The topological polar surface area (TPSA) is 108 Å². The van der Waals surface area contributed by atoms with E-state index in [-0.39, 0.29) is 4.90 Å². The van der Waals surface area contributed by atoms with Gasteiger partial charge in [0.2, 0.25) is 0 Å². The first-order chi connectivity index (χ1) is 9.42. The van der Waals surface area contributed by atoms with Gasteiger partial charge >= 0.3 is 0 Å². The molecule has 2 heterocycles. The van der Waals surface area contributed by atoms with Gasteiger partial charge in [-0.15, -0.1) is 0 Å². The van der Waals surface area contributed by atoms with Crippen molar-refractivity contribution in [2.45, 2.75) is 24.8 Å². The molecule has 8 nitrogen and oxygen atoms in total. The second-order valence-corrected chi connectivity index (χ2v) is 6.17. The van der Waals surface area contributed by atoms with Crippen LogP contribution in [0.3, 0.4) is 0 Å². The van der Waals surface area contributed by atoms with Crippen LogP contribution in [-0.2, 0) is 23.6 Å². The van der Waals surface area contributed by atoms with Gasteiger partial charge in [0.25, 0.3) is 10.0 Å². The quantitative estimate of drug-likeness (QED) is 0.785. The first-order valence-corrected chi connectivity index (χ1v) is 7.66. The number of aryl methyl sites for hydroxylation is 3. The smallest absolute Gasteiger partial charge is 0.265 e. The van der Waals surface area contributed by atoms with E-state index < -0.39 is 10.0 Å². The summed E-state index contributed by atoms with van der Waals surface area (Å²) in [6.45, 7) is 2.87. The van der Waals surface area contributed by atoms with Gasteiger partial charge in [-0.05, 0) is 19.9 Å². The maximum Gasteiger partial charge on any atom is 0.265 e. The van der Waals surface area contributed by atoms with Crippen LogP contribution in [0.15, 0.2) is 23.5 Å². The second-order valence-electron chi connectivity index (χ2n) is 4.49. The zero-order valence-electron chi connectivity index (χ0n) is 11.4. The summed E-state index contributed by atoms with van der Waals surface area (Å²) in [6.07, 6.45) is 5.18. The Morgan fingerprint density at radius 2 is 2.15 bits per heavy atom. The van der Waals surface area contributed by atoms with Gasteiger partial charge in [-0.3, -0.25) is 14.1 Å². The molecule has 0 fully saturated rings.